The molecule has 1 N–H and O–H groups in total. The second-order valence-corrected chi connectivity index (χ2v) is 5.83. The molecule has 0 radical (unpaired) electrons. The molecule has 0 heterocycles. The Bertz CT molecular complexity index is 627. The lowest BCUT2D eigenvalue weighted by Crippen LogP contribution is -2.04. The highest BCUT2D eigenvalue weighted by atomic mass is 16.5. The summed E-state index contributed by atoms with van der Waals surface area (Å²) in [5, 5.41) is 10.4. The third kappa shape index (κ3) is 5.96. The predicted molar refractivity (Wildman–Crippen MR) is 98.1 cm³/mol. The second-order valence-electron chi connectivity index (χ2n) is 5.83. The average molecular weight is 332 g/mol. The summed E-state index contributed by atoms with van der Waals surface area (Å²) in [6, 6.07) is 6.19. The summed E-state index contributed by atoms with van der Waals surface area (Å²) in [5.41, 5.74) is 5.45. The number of ether oxygens (including phenoxy) is 3. The van der Waals surface area contributed by atoms with Crippen molar-refractivity contribution in [3.63, 3.8) is 0 Å². The summed E-state index contributed by atoms with van der Waals surface area (Å²) in [4.78, 5) is 0. The summed E-state index contributed by atoms with van der Waals surface area (Å²) in [7, 11) is 4.87. The van der Waals surface area contributed by atoms with E-state index in [-0.39, 0.29) is 5.76 Å². The smallest absolute Gasteiger partial charge is 0.122 e. The molecule has 0 saturated heterocycles. The van der Waals surface area contributed by atoms with Crippen LogP contribution >= 0.6 is 0 Å². The summed E-state index contributed by atoms with van der Waals surface area (Å²) < 4.78 is 15.5. The molecule has 0 atom stereocenters. The summed E-state index contributed by atoms with van der Waals surface area (Å²) >= 11 is 0. The van der Waals surface area contributed by atoms with Crippen molar-refractivity contribution < 1.29 is 19.3 Å². The quantitative estimate of drug-likeness (QED) is 0.544. The van der Waals surface area contributed by atoms with E-state index in [9.17, 15) is 5.11 Å². The zero-order valence-corrected chi connectivity index (χ0v) is 15.3. The summed E-state index contributed by atoms with van der Waals surface area (Å²) in [6.07, 6.45) is 1.85. The third-order valence-corrected chi connectivity index (χ3v) is 3.54. The highest BCUT2D eigenvalue weighted by molar-refractivity contribution is 5.74. The van der Waals surface area contributed by atoms with Gasteiger partial charge < -0.3 is 19.3 Å². The van der Waals surface area contributed by atoms with Crippen LogP contribution in [0, 0.1) is 6.92 Å². The van der Waals surface area contributed by atoms with E-state index in [2.05, 4.69) is 18.7 Å². The largest absolute Gasteiger partial charge is 0.508 e. The number of hydrogen-bond acceptors (Lipinski definition) is 4. The first kappa shape index (κ1) is 20.2. The van der Waals surface area contributed by atoms with E-state index in [4.69, 9.17) is 14.2 Å². The van der Waals surface area contributed by atoms with Crippen LogP contribution in [0.25, 0.3) is 5.57 Å². The van der Waals surface area contributed by atoms with Crippen LogP contribution < -0.4 is 0 Å². The fraction of sp³-hybridized carbons (Fsp3) is 0.400. The van der Waals surface area contributed by atoms with Crippen LogP contribution in [-0.4, -0.2) is 39.6 Å². The van der Waals surface area contributed by atoms with Gasteiger partial charge in [-0.25, -0.2) is 0 Å². The van der Waals surface area contributed by atoms with Crippen molar-refractivity contribution in [3.05, 3.63) is 64.4 Å². The number of methoxy groups -OCH3 is 3. The number of hydrogen-bond donors (Lipinski definition) is 1. The van der Waals surface area contributed by atoms with E-state index in [0.717, 1.165) is 27.8 Å². The first-order valence-electron chi connectivity index (χ1n) is 7.79. The summed E-state index contributed by atoms with van der Waals surface area (Å²) in [5.74, 6) is 0.185. The predicted octanol–water partition coefficient (Wildman–Crippen LogP) is 4.21. The van der Waals surface area contributed by atoms with Gasteiger partial charge in [-0.3, -0.25) is 0 Å². The molecular weight excluding hydrogens is 304 g/mol. The van der Waals surface area contributed by atoms with Crippen LogP contribution in [0.5, 0.6) is 0 Å². The van der Waals surface area contributed by atoms with Gasteiger partial charge in [-0.2, -0.15) is 0 Å². The van der Waals surface area contributed by atoms with Crippen LogP contribution in [-0.2, 0) is 20.8 Å². The fourth-order valence-electron chi connectivity index (χ4n) is 2.48. The van der Waals surface area contributed by atoms with Gasteiger partial charge in [0.25, 0.3) is 0 Å². The van der Waals surface area contributed by atoms with Crippen LogP contribution in [0.15, 0.2) is 47.8 Å². The van der Waals surface area contributed by atoms with Gasteiger partial charge in [0.1, 0.15) is 5.76 Å². The Kier molecular flexibility index (Phi) is 8.47. The monoisotopic (exact) mass is 332 g/mol. The standard InChI is InChI=1S/C20H28O4/c1-14-7-17(12-23-5)10-18(8-14)15(2)9-19(13-24-6)20(21)16(3)11-22-4/h7-10,21H,2,11-13H2,1,3-6H3/b19-9-,20-16-. The van der Waals surface area contributed by atoms with Gasteiger partial charge in [0.2, 0.25) is 0 Å². The van der Waals surface area contributed by atoms with Gasteiger partial charge in [-0.1, -0.05) is 24.3 Å². The molecule has 0 bridgehead atoms. The molecule has 1 rings (SSSR count). The number of benzene rings is 1. The molecule has 0 saturated carbocycles. The molecule has 1 aromatic rings. The van der Waals surface area contributed by atoms with E-state index in [1.165, 1.54) is 0 Å². The van der Waals surface area contributed by atoms with Crippen LogP contribution in [0.4, 0.5) is 0 Å². The topological polar surface area (TPSA) is 47.9 Å². The molecule has 0 amide bonds. The Morgan fingerprint density at radius 3 is 2.33 bits per heavy atom. The second kappa shape index (κ2) is 10.1. The maximum absolute atomic E-state index is 10.4. The van der Waals surface area contributed by atoms with Gasteiger partial charge in [-0.05, 0) is 48.3 Å². The minimum atomic E-state index is 0.185. The Hall–Kier alpha value is -1.88. The van der Waals surface area contributed by atoms with Gasteiger partial charge in [-0.15, -0.1) is 0 Å². The van der Waals surface area contributed by atoms with Crippen LogP contribution in [0.2, 0.25) is 0 Å². The molecule has 24 heavy (non-hydrogen) atoms. The lowest BCUT2D eigenvalue weighted by atomic mass is 9.98. The van der Waals surface area contributed by atoms with Gasteiger partial charge >= 0.3 is 0 Å². The van der Waals surface area contributed by atoms with Crippen molar-refractivity contribution in [2.75, 3.05) is 34.5 Å². The highest BCUT2D eigenvalue weighted by Gasteiger charge is 2.10. The molecule has 132 valence electrons. The molecule has 0 aliphatic heterocycles. The highest BCUT2D eigenvalue weighted by Crippen LogP contribution is 2.23. The van der Waals surface area contributed by atoms with Gasteiger partial charge in [0.15, 0.2) is 0 Å². The Morgan fingerprint density at radius 1 is 1.08 bits per heavy atom. The van der Waals surface area contributed by atoms with Crippen LogP contribution in [0.1, 0.15) is 23.6 Å². The number of rotatable bonds is 9. The van der Waals surface area contributed by atoms with Crippen molar-refractivity contribution in [1.29, 1.82) is 0 Å². The SMILES string of the molecule is C=C(/C=C(COC)\C(O)=C(/C)COC)c1cc(C)cc(COC)c1. The summed E-state index contributed by atoms with van der Waals surface area (Å²) in [6.45, 7) is 9.21. The zero-order valence-electron chi connectivity index (χ0n) is 15.3. The zero-order chi connectivity index (χ0) is 18.1. The van der Waals surface area contributed by atoms with E-state index in [1.54, 1.807) is 21.3 Å². The van der Waals surface area contributed by atoms with E-state index in [0.29, 0.717) is 25.4 Å². The third-order valence-electron chi connectivity index (χ3n) is 3.54. The number of aryl methyl sites for hydroxylation is 1. The van der Waals surface area contributed by atoms with Gasteiger partial charge in [0.05, 0.1) is 19.8 Å². The number of aliphatic hydroxyl groups excluding tert-OH is 1. The van der Waals surface area contributed by atoms with Crippen molar-refractivity contribution in [1.82, 2.24) is 0 Å². The molecule has 0 aliphatic carbocycles. The van der Waals surface area contributed by atoms with Gasteiger partial charge in [0, 0.05) is 26.9 Å². The first-order chi connectivity index (χ1) is 11.4. The molecule has 0 aliphatic rings. The average Bonchev–Trinajstić information content (AvgIpc) is 2.53. The Balaban J connectivity index is 3.19. The maximum atomic E-state index is 10.4. The lowest BCUT2D eigenvalue weighted by Gasteiger charge is -2.12. The first-order valence-corrected chi connectivity index (χ1v) is 7.79. The fourth-order valence-corrected chi connectivity index (χ4v) is 2.48. The molecule has 0 spiro atoms. The Labute approximate surface area is 145 Å². The molecule has 0 unspecified atom stereocenters. The normalized spacial score (nSPS) is 13.0. The number of aliphatic hydroxyl groups is 1. The van der Waals surface area contributed by atoms with E-state index in [1.807, 2.05) is 26.0 Å². The van der Waals surface area contributed by atoms with Crippen LogP contribution in [0.3, 0.4) is 0 Å². The lowest BCUT2D eigenvalue weighted by molar-refractivity contribution is 0.185. The minimum absolute atomic E-state index is 0.185. The molecule has 4 nitrogen and oxygen atoms in total. The van der Waals surface area contributed by atoms with Crippen molar-refractivity contribution in [2.24, 2.45) is 0 Å². The van der Waals surface area contributed by atoms with Crippen molar-refractivity contribution >= 4 is 5.57 Å². The number of allylic oxidation sites excluding steroid dienone is 2. The van der Waals surface area contributed by atoms with E-state index < -0.39 is 0 Å². The molecule has 4 heteroatoms. The Morgan fingerprint density at radius 2 is 1.75 bits per heavy atom. The minimum Gasteiger partial charge on any atom is -0.508 e. The van der Waals surface area contributed by atoms with Crippen molar-refractivity contribution in [3.8, 4) is 0 Å². The van der Waals surface area contributed by atoms with E-state index >= 15 is 0 Å². The molecule has 0 aromatic heterocycles. The molecular formula is C20H28O4. The van der Waals surface area contributed by atoms with Crippen molar-refractivity contribution in [2.45, 2.75) is 20.5 Å². The maximum Gasteiger partial charge on any atom is 0.122 e. The molecule has 0 fully saturated rings. The molecule has 1 aromatic carbocycles.